The number of hydrogen-bond acceptors (Lipinski definition) is 3. The zero-order valence-corrected chi connectivity index (χ0v) is 14.5. The smallest absolute Gasteiger partial charge is 0.240 e. The zero-order valence-electron chi connectivity index (χ0n) is 14.5. The molecule has 0 radical (unpaired) electrons. The summed E-state index contributed by atoms with van der Waals surface area (Å²) in [5.41, 5.74) is 3.43. The Labute approximate surface area is 140 Å². The number of carbonyl (C=O) groups is 1. The fraction of sp³-hybridized carbons (Fsp3) is 0.579. The molecule has 0 spiro atoms. The number of carbonyl (C=O) groups excluding carboxylic acids is 1. The predicted octanol–water partition coefficient (Wildman–Crippen LogP) is 4.68. The number of methoxy groups -OCH3 is 1. The highest BCUT2D eigenvalue weighted by atomic mass is 16.5. The highest BCUT2D eigenvalue weighted by molar-refractivity contribution is 5.85. The predicted molar refractivity (Wildman–Crippen MR) is 96.0 cm³/mol. The van der Waals surface area contributed by atoms with E-state index in [2.05, 4.69) is 17.5 Å². The Morgan fingerprint density at radius 2 is 1.74 bits per heavy atom. The molecule has 0 unspecified atom stereocenters. The van der Waals surface area contributed by atoms with Crippen LogP contribution in [0.5, 0.6) is 5.75 Å². The maximum atomic E-state index is 11.7. The van der Waals surface area contributed by atoms with Crippen molar-refractivity contribution in [3.63, 3.8) is 0 Å². The summed E-state index contributed by atoms with van der Waals surface area (Å²) in [6, 6.07) is 7.57. The number of benzene rings is 1. The van der Waals surface area contributed by atoms with Crippen LogP contribution in [0.25, 0.3) is 0 Å². The summed E-state index contributed by atoms with van der Waals surface area (Å²) < 4.78 is 5.23. The molecule has 0 aliphatic heterocycles. The highest BCUT2D eigenvalue weighted by Crippen LogP contribution is 2.14. The van der Waals surface area contributed by atoms with E-state index in [0.717, 1.165) is 24.2 Å². The topological polar surface area (TPSA) is 50.7 Å². The first-order chi connectivity index (χ1) is 11.3. The van der Waals surface area contributed by atoms with Crippen molar-refractivity contribution in [3.8, 4) is 5.75 Å². The van der Waals surface area contributed by atoms with Gasteiger partial charge in [0.1, 0.15) is 5.75 Å². The maximum absolute atomic E-state index is 11.7. The summed E-state index contributed by atoms with van der Waals surface area (Å²) in [5.74, 6) is 0.718. The summed E-state index contributed by atoms with van der Waals surface area (Å²) in [6.45, 7) is 2.23. The van der Waals surface area contributed by atoms with E-state index in [1.807, 2.05) is 24.3 Å². The summed E-state index contributed by atoms with van der Waals surface area (Å²) in [5, 5.41) is 3.99. The van der Waals surface area contributed by atoms with Crippen molar-refractivity contribution in [3.05, 3.63) is 29.8 Å². The maximum Gasteiger partial charge on any atom is 0.240 e. The summed E-state index contributed by atoms with van der Waals surface area (Å²) in [6.07, 6.45) is 12.0. The quantitative estimate of drug-likeness (QED) is 0.346. The summed E-state index contributed by atoms with van der Waals surface area (Å²) in [4.78, 5) is 11.7. The number of hydrazone groups is 1. The van der Waals surface area contributed by atoms with Gasteiger partial charge in [-0.2, -0.15) is 5.10 Å². The van der Waals surface area contributed by atoms with Gasteiger partial charge in [-0.25, -0.2) is 5.43 Å². The number of nitrogens with zero attached hydrogens (tertiary/aromatic N) is 1. The van der Waals surface area contributed by atoms with E-state index in [1.54, 1.807) is 13.3 Å². The van der Waals surface area contributed by atoms with Crippen molar-refractivity contribution >= 4 is 12.1 Å². The average Bonchev–Trinajstić information content (AvgIpc) is 2.57. The average molecular weight is 318 g/mol. The van der Waals surface area contributed by atoms with Gasteiger partial charge in [-0.3, -0.25) is 4.79 Å². The van der Waals surface area contributed by atoms with Crippen LogP contribution in [0.4, 0.5) is 0 Å². The lowest BCUT2D eigenvalue weighted by atomic mass is 10.1. The van der Waals surface area contributed by atoms with Crippen molar-refractivity contribution in [1.29, 1.82) is 0 Å². The van der Waals surface area contributed by atoms with Crippen molar-refractivity contribution in [1.82, 2.24) is 5.43 Å². The van der Waals surface area contributed by atoms with E-state index in [1.165, 1.54) is 38.5 Å². The lowest BCUT2D eigenvalue weighted by molar-refractivity contribution is -0.121. The van der Waals surface area contributed by atoms with Gasteiger partial charge >= 0.3 is 0 Å². The molecule has 0 aromatic heterocycles. The van der Waals surface area contributed by atoms with Gasteiger partial charge in [0, 0.05) is 12.0 Å². The van der Waals surface area contributed by atoms with Crippen LogP contribution < -0.4 is 10.2 Å². The third-order valence-corrected chi connectivity index (χ3v) is 3.79. The molecule has 0 fully saturated rings. The van der Waals surface area contributed by atoms with Crippen LogP contribution in [0, 0.1) is 0 Å². The number of ether oxygens (including phenoxy) is 1. The van der Waals surface area contributed by atoms with E-state index >= 15 is 0 Å². The molecule has 1 aromatic rings. The largest absolute Gasteiger partial charge is 0.496 e. The van der Waals surface area contributed by atoms with E-state index in [4.69, 9.17) is 4.74 Å². The number of rotatable bonds is 12. The molecule has 4 heteroatoms. The first-order valence-electron chi connectivity index (χ1n) is 8.72. The van der Waals surface area contributed by atoms with Gasteiger partial charge in [0.25, 0.3) is 0 Å². The molecule has 23 heavy (non-hydrogen) atoms. The molecule has 0 bridgehead atoms. The molecule has 0 aliphatic carbocycles. The molecule has 0 atom stereocenters. The molecule has 0 saturated carbocycles. The van der Waals surface area contributed by atoms with Crippen LogP contribution in [0.15, 0.2) is 29.4 Å². The molecule has 0 saturated heterocycles. The Morgan fingerprint density at radius 1 is 1.09 bits per heavy atom. The van der Waals surface area contributed by atoms with E-state index in [0.29, 0.717) is 6.42 Å². The summed E-state index contributed by atoms with van der Waals surface area (Å²) in [7, 11) is 1.62. The van der Waals surface area contributed by atoms with Crippen LogP contribution in [-0.2, 0) is 4.79 Å². The molecule has 0 heterocycles. The van der Waals surface area contributed by atoms with Gasteiger partial charge in [0.05, 0.1) is 13.3 Å². The molecule has 1 aromatic carbocycles. The lowest BCUT2D eigenvalue weighted by Gasteiger charge is -2.03. The second-order valence-corrected chi connectivity index (χ2v) is 5.76. The Kier molecular flexibility index (Phi) is 10.6. The van der Waals surface area contributed by atoms with E-state index in [9.17, 15) is 4.79 Å². The van der Waals surface area contributed by atoms with Crippen LogP contribution >= 0.6 is 0 Å². The summed E-state index contributed by atoms with van der Waals surface area (Å²) >= 11 is 0. The van der Waals surface area contributed by atoms with Crippen molar-refractivity contribution in [2.75, 3.05) is 7.11 Å². The van der Waals surface area contributed by atoms with Crippen molar-refractivity contribution < 1.29 is 9.53 Å². The SMILES string of the molecule is CCCCCCCCCCC(=O)N/N=C/c1ccccc1OC. The Balaban J connectivity index is 2.11. The molecule has 128 valence electrons. The number of amides is 1. The van der Waals surface area contributed by atoms with Gasteiger partial charge in [-0.15, -0.1) is 0 Å². The van der Waals surface area contributed by atoms with Gasteiger partial charge in [-0.1, -0.05) is 64.0 Å². The Morgan fingerprint density at radius 3 is 2.43 bits per heavy atom. The van der Waals surface area contributed by atoms with Crippen LogP contribution in [0.2, 0.25) is 0 Å². The highest BCUT2D eigenvalue weighted by Gasteiger charge is 2.00. The van der Waals surface area contributed by atoms with Gasteiger partial charge in [0.2, 0.25) is 5.91 Å². The molecule has 4 nitrogen and oxygen atoms in total. The molecule has 1 amide bonds. The third kappa shape index (κ3) is 9.01. The number of para-hydroxylation sites is 1. The van der Waals surface area contributed by atoms with Crippen molar-refractivity contribution in [2.24, 2.45) is 5.10 Å². The van der Waals surface area contributed by atoms with Crippen LogP contribution in [0.1, 0.15) is 70.3 Å². The van der Waals surface area contributed by atoms with E-state index in [-0.39, 0.29) is 5.91 Å². The molecule has 0 aliphatic rings. The first kappa shape index (κ1) is 19.2. The lowest BCUT2D eigenvalue weighted by Crippen LogP contribution is -2.16. The number of unbranched alkanes of at least 4 members (excludes halogenated alkanes) is 7. The Hall–Kier alpha value is -1.84. The second kappa shape index (κ2) is 12.7. The van der Waals surface area contributed by atoms with Crippen molar-refractivity contribution in [2.45, 2.75) is 64.7 Å². The van der Waals surface area contributed by atoms with E-state index < -0.39 is 0 Å². The standard InChI is InChI=1S/C19H30N2O2/c1-3-4-5-6-7-8-9-10-15-19(22)21-20-16-17-13-11-12-14-18(17)23-2/h11-14,16H,3-10,15H2,1-2H3,(H,21,22)/b20-16+. The minimum atomic E-state index is -0.0258. The minimum Gasteiger partial charge on any atom is -0.496 e. The normalized spacial score (nSPS) is 10.9. The number of hydrogen-bond donors (Lipinski definition) is 1. The molecule has 1 rings (SSSR count). The second-order valence-electron chi connectivity index (χ2n) is 5.76. The number of nitrogens with one attached hydrogen (secondary N) is 1. The molecule has 1 N–H and O–H groups in total. The fourth-order valence-corrected chi connectivity index (χ4v) is 2.42. The fourth-order valence-electron chi connectivity index (χ4n) is 2.42. The zero-order chi connectivity index (χ0) is 16.8. The molecular weight excluding hydrogens is 288 g/mol. The molecular formula is C19H30N2O2. The monoisotopic (exact) mass is 318 g/mol. The van der Waals surface area contributed by atoms with Crippen LogP contribution in [0.3, 0.4) is 0 Å². The van der Waals surface area contributed by atoms with Gasteiger partial charge < -0.3 is 4.74 Å². The third-order valence-electron chi connectivity index (χ3n) is 3.79. The Bertz CT molecular complexity index is 472. The minimum absolute atomic E-state index is 0.0258. The van der Waals surface area contributed by atoms with Crippen LogP contribution in [-0.4, -0.2) is 19.2 Å². The van der Waals surface area contributed by atoms with Gasteiger partial charge in [-0.05, 0) is 18.6 Å². The van der Waals surface area contributed by atoms with Gasteiger partial charge in [0.15, 0.2) is 0 Å². The first-order valence-corrected chi connectivity index (χ1v) is 8.72.